The van der Waals surface area contributed by atoms with Crippen molar-refractivity contribution in [3.63, 3.8) is 0 Å². The van der Waals surface area contributed by atoms with Crippen LogP contribution in [0.15, 0.2) is 66.3 Å². The molecule has 3 rings (SSSR count). The average Bonchev–Trinajstić information content (AvgIpc) is 3.24. The van der Waals surface area contributed by atoms with Crippen LogP contribution in [-0.2, 0) is 13.0 Å². The maximum absolute atomic E-state index is 10.9. The Kier molecular flexibility index (Phi) is 6.34. The van der Waals surface area contributed by atoms with Crippen molar-refractivity contribution in [1.82, 2.24) is 0 Å². The van der Waals surface area contributed by atoms with Crippen LogP contribution in [0.1, 0.15) is 22.9 Å². The molecular weight excluding hydrogens is 376 g/mol. The van der Waals surface area contributed by atoms with E-state index in [0.717, 1.165) is 22.5 Å². The molecule has 138 valence electrons. The molecule has 0 fully saturated rings. The summed E-state index contributed by atoms with van der Waals surface area (Å²) in [5, 5.41) is 25.5. The third-order valence-electron chi connectivity index (χ3n) is 4.12. The summed E-state index contributed by atoms with van der Waals surface area (Å²) in [6.45, 7) is 2.02. The normalized spacial score (nSPS) is 11.8. The standard InChI is InChI=1S/C21H20N2O2S2/c1-2-15-7-9-17(10-8-15)22-21(26)19(20(25)18-6-4-12-27-18)23-11-3-5-16(13-23)14-24/h3-13,24H,2,14H2,1H3,(H-,22,25,26)/p+1. The largest absolute Gasteiger partial charge is 0.501 e. The molecule has 4 nitrogen and oxygen atoms in total. The fourth-order valence-corrected chi connectivity index (χ4v) is 3.64. The lowest BCUT2D eigenvalue weighted by Crippen LogP contribution is -2.38. The van der Waals surface area contributed by atoms with E-state index >= 15 is 0 Å². The van der Waals surface area contributed by atoms with Crippen molar-refractivity contribution in [3.8, 4) is 0 Å². The second-order valence-electron chi connectivity index (χ2n) is 5.96. The lowest BCUT2D eigenvalue weighted by Gasteiger charge is -2.10. The van der Waals surface area contributed by atoms with Gasteiger partial charge in [-0.15, -0.1) is 11.3 Å². The number of rotatable bonds is 6. The van der Waals surface area contributed by atoms with Crippen LogP contribution >= 0.6 is 23.6 Å². The minimum atomic E-state index is -0.0907. The zero-order chi connectivity index (χ0) is 19.2. The molecule has 0 aliphatic heterocycles. The lowest BCUT2D eigenvalue weighted by molar-refractivity contribution is -0.576. The second-order valence-corrected chi connectivity index (χ2v) is 7.31. The van der Waals surface area contributed by atoms with Crippen LogP contribution in [0.4, 0.5) is 5.69 Å². The molecule has 0 spiro atoms. The molecule has 0 radical (unpaired) electrons. The van der Waals surface area contributed by atoms with Crippen LogP contribution in [0.2, 0.25) is 0 Å². The number of anilines is 1. The lowest BCUT2D eigenvalue weighted by atomic mass is 10.1. The molecule has 0 aliphatic carbocycles. The SMILES string of the molecule is CCc1ccc(NC(=S)/C(=C(/O)c2cccs2)[n+]2cccc(CO)c2)cc1. The van der Waals surface area contributed by atoms with Gasteiger partial charge in [-0.2, -0.15) is 4.57 Å². The Morgan fingerprint density at radius 1 is 1.11 bits per heavy atom. The van der Waals surface area contributed by atoms with E-state index in [1.807, 2.05) is 53.9 Å². The Morgan fingerprint density at radius 2 is 1.89 bits per heavy atom. The predicted octanol–water partition coefficient (Wildman–Crippen LogP) is 4.41. The van der Waals surface area contributed by atoms with Crippen LogP contribution in [0.5, 0.6) is 0 Å². The maximum atomic E-state index is 10.9. The van der Waals surface area contributed by atoms with Crippen molar-refractivity contribution < 1.29 is 14.8 Å². The monoisotopic (exact) mass is 397 g/mol. The number of nitrogens with zero attached hydrogens (tertiary/aromatic N) is 1. The summed E-state index contributed by atoms with van der Waals surface area (Å²) in [7, 11) is 0. The van der Waals surface area contributed by atoms with Gasteiger partial charge in [-0.25, -0.2) is 0 Å². The van der Waals surface area contributed by atoms with Crippen molar-refractivity contribution in [3.05, 3.63) is 82.3 Å². The quantitative estimate of drug-likeness (QED) is 0.250. The third-order valence-corrected chi connectivity index (χ3v) is 5.29. The van der Waals surface area contributed by atoms with Crippen LogP contribution < -0.4 is 9.88 Å². The van der Waals surface area contributed by atoms with Gasteiger partial charge in [0, 0.05) is 17.3 Å². The second kappa shape index (κ2) is 8.90. The number of aliphatic hydroxyl groups excluding tert-OH is 2. The van der Waals surface area contributed by atoms with Crippen molar-refractivity contribution in [1.29, 1.82) is 0 Å². The molecular formula is C21H21N2O2S2+. The number of aryl methyl sites for hydroxylation is 1. The first-order chi connectivity index (χ1) is 13.1. The minimum Gasteiger partial charge on any atom is -0.501 e. The summed E-state index contributed by atoms with van der Waals surface area (Å²) in [6, 6.07) is 15.4. The van der Waals surface area contributed by atoms with Crippen LogP contribution in [0.25, 0.3) is 11.5 Å². The number of nitrogens with one attached hydrogen (secondary N) is 1. The van der Waals surface area contributed by atoms with Gasteiger partial charge in [0.2, 0.25) is 5.76 Å². The molecule has 2 aromatic heterocycles. The van der Waals surface area contributed by atoms with E-state index in [2.05, 4.69) is 12.2 Å². The van der Waals surface area contributed by atoms with E-state index in [4.69, 9.17) is 12.2 Å². The van der Waals surface area contributed by atoms with Crippen LogP contribution in [0, 0.1) is 0 Å². The molecule has 3 N–H and O–H groups in total. The van der Waals surface area contributed by atoms with Crippen molar-refractivity contribution >= 4 is 45.7 Å². The van der Waals surface area contributed by atoms with E-state index < -0.39 is 0 Å². The number of hydrogen-bond donors (Lipinski definition) is 3. The summed E-state index contributed by atoms with van der Waals surface area (Å²) in [4.78, 5) is 1.11. The fourth-order valence-electron chi connectivity index (χ4n) is 2.65. The summed E-state index contributed by atoms with van der Waals surface area (Å²) in [5.74, 6) is 0.0905. The van der Waals surface area contributed by atoms with E-state index in [0.29, 0.717) is 10.7 Å². The summed E-state index contributed by atoms with van der Waals surface area (Å²) in [6.07, 6.45) is 4.53. The molecule has 0 amide bonds. The Bertz CT molecular complexity index is 949. The van der Waals surface area contributed by atoms with E-state index in [-0.39, 0.29) is 12.4 Å². The highest BCUT2D eigenvalue weighted by Gasteiger charge is 2.24. The average molecular weight is 398 g/mol. The van der Waals surface area contributed by atoms with Gasteiger partial charge >= 0.3 is 0 Å². The summed E-state index contributed by atoms with van der Waals surface area (Å²) >= 11 is 7.06. The Balaban J connectivity index is 2.00. The highest BCUT2D eigenvalue weighted by atomic mass is 32.1. The zero-order valence-corrected chi connectivity index (χ0v) is 16.6. The molecule has 0 bridgehead atoms. The topological polar surface area (TPSA) is 56.4 Å². The molecule has 0 aliphatic rings. The first-order valence-corrected chi connectivity index (χ1v) is 9.90. The number of hydrogen-bond acceptors (Lipinski definition) is 4. The maximum Gasteiger partial charge on any atom is 0.289 e. The molecule has 27 heavy (non-hydrogen) atoms. The predicted molar refractivity (Wildman–Crippen MR) is 115 cm³/mol. The Hall–Kier alpha value is -2.54. The molecule has 0 saturated carbocycles. The molecule has 0 saturated heterocycles. The Labute approximate surface area is 168 Å². The smallest absolute Gasteiger partial charge is 0.289 e. The van der Waals surface area contributed by atoms with E-state index in [9.17, 15) is 10.2 Å². The number of thiophene rings is 1. The molecule has 3 aromatic rings. The number of aromatic nitrogens is 1. The highest BCUT2D eigenvalue weighted by molar-refractivity contribution is 7.81. The van der Waals surface area contributed by atoms with E-state index in [1.54, 1.807) is 17.0 Å². The number of aliphatic hydroxyl groups is 2. The van der Waals surface area contributed by atoms with Crippen molar-refractivity contribution in [2.45, 2.75) is 20.0 Å². The first kappa shape index (κ1) is 19.2. The van der Waals surface area contributed by atoms with Crippen LogP contribution in [0.3, 0.4) is 0 Å². The van der Waals surface area contributed by atoms with Crippen LogP contribution in [-0.4, -0.2) is 15.2 Å². The van der Waals surface area contributed by atoms with E-state index in [1.165, 1.54) is 16.9 Å². The van der Waals surface area contributed by atoms with Gasteiger partial charge in [0.15, 0.2) is 17.4 Å². The molecule has 2 heterocycles. The summed E-state index contributed by atoms with van der Waals surface area (Å²) in [5.41, 5.74) is 3.28. The van der Waals surface area contributed by atoms with Gasteiger partial charge in [-0.3, -0.25) is 0 Å². The first-order valence-electron chi connectivity index (χ1n) is 8.61. The van der Waals surface area contributed by atoms with Gasteiger partial charge in [0.25, 0.3) is 5.70 Å². The molecule has 1 aromatic carbocycles. The fraction of sp³-hybridized carbons (Fsp3) is 0.143. The third kappa shape index (κ3) is 4.60. The zero-order valence-electron chi connectivity index (χ0n) is 14.9. The van der Waals surface area contributed by atoms with Gasteiger partial charge in [0.05, 0.1) is 11.5 Å². The molecule has 0 atom stereocenters. The number of pyridine rings is 1. The van der Waals surface area contributed by atoms with Gasteiger partial charge in [0.1, 0.15) is 0 Å². The van der Waals surface area contributed by atoms with Gasteiger partial charge in [-0.1, -0.05) is 37.3 Å². The minimum absolute atomic E-state index is 0.0905. The van der Waals surface area contributed by atoms with Crippen molar-refractivity contribution in [2.75, 3.05) is 5.32 Å². The number of thiocarbonyl (C=S) groups is 1. The summed E-state index contributed by atoms with van der Waals surface area (Å²) < 4.78 is 1.73. The highest BCUT2D eigenvalue weighted by Crippen LogP contribution is 2.23. The molecule has 0 unspecified atom stereocenters. The van der Waals surface area contributed by atoms with Crippen molar-refractivity contribution in [2.24, 2.45) is 0 Å². The Morgan fingerprint density at radius 3 is 2.52 bits per heavy atom. The number of benzene rings is 1. The van der Waals surface area contributed by atoms with Gasteiger partial charge in [-0.05, 0) is 41.6 Å². The van der Waals surface area contributed by atoms with Gasteiger partial charge < -0.3 is 15.5 Å². The molecule has 6 heteroatoms.